The van der Waals surface area contributed by atoms with E-state index in [1.165, 1.54) is 5.57 Å². The van der Waals surface area contributed by atoms with Gasteiger partial charge in [-0.3, -0.25) is 0 Å². The van der Waals surface area contributed by atoms with Gasteiger partial charge in [0.15, 0.2) is 0 Å². The molecule has 0 atom stereocenters. The third-order valence-electron chi connectivity index (χ3n) is 0.662. The molecule has 0 aromatic carbocycles. The first-order valence-corrected chi connectivity index (χ1v) is 3.00. The number of hydrogen-bond acceptors (Lipinski definition) is 0. The van der Waals surface area contributed by atoms with Crippen molar-refractivity contribution in [3.63, 3.8) is 0 Å². The van der Waals surface area contributed by atoms with E-state index < -0.39 is 0 Å². The van der Waals surface area contributed by atoms with E-state index in [2.05, 4.69) is 19.9 Å². The van der Waals surface area contributed by atoms with Gasteiger partial charge in [-0.25, -0.2) is 0 Å². The average molecular weight is 119 g/mol. The molecule has 0 spiro atoms. The smallest absolute Gasteiger partial charge is 0.0258 e. The maximum Gasteiger partial charge on any atom is 0.0258 e. The molecule has 0 saturated carbocycles. The highest BCUT2D eigenvalue weighted by Crippen LogP contribution is 1.92. The Kier molecular flexibility index (Phi) is 4.21. The molecule has 0 N–H and O–H groups in total. The molecule has 0 aliphatic carbocycles. The standard InChI is InChI=1S/C6H11Cl/c1-6(2)4-3-5-7/h4H,3,5H2,1-2H3. The Morgan fingerprint density at radius 2 is 2.14 bits per heavy atom. The van der Waals surface area contributed by atoms with E-state index in [-0.39, 0.29) is 0 Å². The van der Waals surface area contributed by atoms with Crippen LogP contribution in [-0.2, 0) is 0 Å². The Labute approximate surface area is 50.2 Å². The van der Waals surface area contributed by atoms with Crippen LogP contribution in [-0.4, -0.2) is 5.88 Å². The molecule has 0 amide bonds. The summed E-state index contributed by atoms with van der Waals surface area (Å²) in [5.74, 6) is 0.741. The van der Waals surface area contributed by atoms with E-state index in [0.29, 0.717) is 0 Å². The molecule has 1 heteroatoms. The monoisotopic (exact) mass is 118 g/mol. The fourth-order valence-electron chi connectivity index (χ4n) is 0.343. The molecule has 0 heterocycles. The van der Waals surface area contributed by atoms with Crippen molar-refractivity contribution in [1.82, 2.24) is 0 Å². The normalized spacial score (nSPS) is 8.43. The van der Waals surface area contributed by atoms with Crippen LogP contribution in [0.4, 0.5) is 0 Å². The van der Waals surface area contributed by atoms with Crippen molar-refractivity contribution in [2.45, 2.75) is 20.3 Å². The van der Waals surface area contributed by atoms with E-state index in [4.69, 9.17) is 11.6 Å². The molecule has 0 rings (SSSR count). The summed E-state index contributed by atoms with van der Waals surface area (Å²) in [7, 11) is 0. The Bertz CT molecular complexity index is 60.6. The molecule has 0 aliphatic heterocycles. The highest BCUT2D eigenvalue weighted by Gasteiger charge is 1.74. The molecule has 42 valence electrons. The highest BCUT2D eigenvalue weighted by atomic mass is 35.5. The van der Waals surface area contributed by atoms with Gasteiger partial charge < -0.3 is 0 Å². The topological polar surface area (TPSA) is 0 Å². The first kappa shape index (κ1) is 7.03. The molecule has 0 aromatic rings. The van der Waals surface area contributed by atoms with Crippen molar-refractivity contribution in [3.8, 4) is 0 Å². The third kappa shape index (κ3) is 6.03. The molecule has 0 aliphatic rings. The van der Waals surface area contributed by atoms with Gasteiger partial charge >= 0.3 is 0 Å². The predicted octanol–water partition coefficient (Wildman–Crippen LogP) is 2.58. The summed E-state index contributed by atoms with van der Waals surface area (Å²) in [5.41, 5.74) is 1.35. The van der Waals surface area contributed by atoms with Crippen molar-refractivity contribution in [1.29, 1.82) is 0 Å². The van der Waals surface area contributed by atoms with Crippen LogP contribution in [0.1, 0.15) is 20.3 Å². The fourth-order valence-corrected chi connectivity index (χ4v) is 0.452. The number of hydrogen-bond donors (Lipinski definition) is 0. The second-order valence-corrected chi connectivity index (χ2v) is 2.14. The van der Waals surface area contributed by atoms with Crippen molar-refractivity contribution in [3.05, 3.63) is 11.6 Å². The van der Waals surface area contributed by atoms with E-state index in [9.17, 15) is 0 Å². The highest BCUT2D eigenvalue weighted by molar-refractivity contribution is 6.17. The van der Waals surface area contributed by atoms with Crippen LogP contribution in [0.15, 0.2) is 11.6 Å². The minimum absolute atomic E-state index is 0.741. The average Bonchev–Trinajstić information content (AvgIpc) is 1.61. The van der Waals surface area contributed by atoms with Crippen molar-refractivity contribution in [2.75, 3.05) is 5.88 Å². The minimum Gasteiger partial charge on any atom is -0.126 e. The van der Waals surface area contributed by atoms with Gasteiger partial charge in [-0.05, 0) is 20.3 Å². The van der Waals surface area contributed by atoms with E-state index in [0.717, 1.165) is 12.3 Å². The van der Waals surface area contributed by atoms with Crippen LogP contribution in [0.3, 0.4) is 0 Å². The largest absolute Gasteiger partial charge is 0.126 e. The van der Waals surface area contributed by atoms with Gasteiger partial charge in [-0.1, -0.05) is 11.6 Å². The first-order chi connectivity index (χ1) is 3.27. The van der Waals surface area contributed by atoms with Crippen LogP contribution < -0.4 is 0 Å². The predicted molar refractivity (Wildman–Crippen MR) is 34.8 cm³/mol. The lowest BCUT2D eigenvalue weighted by Crippen LogP contribution is -1.68. The maximum absolute atomic E-state index is 5.40. The quantitative estimate of drug-likeness (QED) is 0.386. The van der Waals surface area contributed by atoms with E-state index >= 15 is 0 Å². The van der Waals surface area contributed by atoms with Gasteiger partial charge in [-0.15, -0.1) is 11.6 Å². The maximum atomic E-state index is 5.40. The van der Waals surface area contributed by atoms with Crippen LogP contribution in [0.2, 0.25) is 0 Å². The molecule has 0 fully saturated rings. The third-order valence-corrected chi connectivity index (χ3v) is 0.880. The minimum atomic E-state index is 0.741. The Hall–Kier alpha value is 0.0300. The van der Waals surface area contributed by atoms with Crippen LogP contribution in [0, 0.1) is 0 Å². The summed E-state index contributed by atoms with van der Waals surface area (Å²) < 4.78 is 0. The second kappa shape index (κ2) is 4.20. The fraction of sp³-hybridized carbons (Fsp3) is 0.667. The van der Waals surface area contributed by atoms with Crippen LogP contribution in [0.25, 0.3) is 0 Å². The zero-order valence-electron chi connectivity index (χ0n) is 4.87. The molecule has 0 saturated heterocycles. The van der Waals surface area contributed by atoms with Crippen molar-refractivity contribution < 1.29 is 0 Å². The number of allylic oxidation sites excluding steroid dienone is 2. The van der Waals surface area contributed by atoms with Crippen LogP contribution in [0.5, 0.6) is 0 Å². The number of rotatable bonds is 2. The number of halogens is 1. The summed E-state index contributed by atoms with van der Waals surface area (Å²) in [5, 5.41) is 0. The zero-order valence-corrected chi connectivity index (χ0v) is 5.63. The number of alkyl halides is 1. The molecule has 0 nitrogen and oxygen atoms in total. The van der Waals surface area contributed by atoms with Crippen molar-refractivity contribution >= 4 is 11.6 Å². The van der Waals surface area contributed by atoms with Gasteiger partial charge in [0.1, 0.15) is 0 Å². The molecular formula is C6H11Cl. The molecule has 0 radical (unpaired) electrons. The van der Waals surface area contributed by atoms with E-state index in [1.54, 1.807) is 0 Å². The zero-order chi connectivity index (χ0) is 5.70. The summed E-state index contributed by atoms with van der Waals surface area (Å²) in [6.07, 6.45) is 3.14. The second-order valence-electron chi connectivity index (χ2n) is 1.76. The van der Waals surface area contributed by atoms with Crippen molar-refractivity contribution in [2.24, 2.45) is 0 Å². The molecule has 7 heavy (non-hydrogen) atoms. The van der Waals surface area contributed by atoms with Gasteiger partial charge in [0.25, 0.3) is 0 Å². The summed E-state index contributed by atoms with van der Waals surface area (Å²) in [4.78, 5) is 0. The van der Waals surface area contributed by atoms with Gasteiger partial charge in [0, 0.05) is 5.88 Å². The summed E-state index contributed by atoms with van der Waals surface area (Å²) in [6, 6.07) is 0. The lowest BCUT2D eigenvalue weighted by Gasteiger charge is -1.84. The van der Waals surface area contributed by atoms with Gasteiger partial charge in [-0.2, -0.15) is 0 Å². The summed E-state index contributed by atoms with van der Waals surface area (Å²) >= 11 is 5.40. The van der Waals surface area contributed by atoms with Gasteiger partial charge in [0.2, 0.25) is 0 Å². The molecule has 0 bridgehead atoms. The van der Waals surface area contributed by atoms with Gasteiger partial charge in [0.05, 0.1) is 0 Å². The molecule has 0 unspecified atom stereocenters. The SMILES string of the molecule is CC(C)=CCCCl. The Morgan fingerprint density at radius 1 is 1.57 bits per heavy atom. The Morgan fingerprint density at radius 3 is 2.29 bits per heavy atom. The van der Waals surface area contributed by atoms with E-state index in [1.807, 2.05) is 0 Å². The molecule has 0 aromatic heterocycles. The lowest BCUT2D eigenvalue weighted by atomic mass is 10.3. The summed E-state index contributed by atoms with van der Waals surface area (Å²) in [6.45, 7) is 4.15. The van der Waals surface area contributed by atoms with Crippen LogP contribution >= 0.6 is 11.6 Å². The first-order valence-electron chi connectivity index (χ1n) is 2.46. The molecular weight excluding hydrogens is 108 g/mol. The Balaban J connectivity index is 3.08. The lowest BCUT2D eigenvalue weighted by molar-refractivity contribution is 1.18.